The van der Waals surface area contributed by atoms with Gasteiger partial charge in [-0.05, 0) is 24.6 Å². The minimum absolute atomic E-state index is 0.0419. The third kappa shape index (κ3) is 4.89. The van der Waals surface area contributed by atoms with E-state index in [1.54, 1.807) is 0 Å². The average molecular weight is 341 g/mol. The van der Waals surface area contributed by atoms with E-state index in [-0.39, 0.29) is 11.9 Å². The van der Waals surface area contributed by atoms with Gasteiger partial charge in [-0.15, -0.1) is 0 Å². The Morgan fingerprint density at radius 1 is 1.35 bits per heavy atom. The first-order valence-electron chi connectivity index (χ1n) is 7.00. The van der Waals surface area contributed by atoms with Gasteiger partial charge in [0.05, 0.1) is 19.3 Å². The maximum Gasteiger partial charge on any atom is 0.221 e. The zero-order valence-electron chi connectivity index (χ0n) is 11.8. The number of hydrogen-bond donors (Lipinski definition) is 1. The largest absolute Gasteiger partial charge is 0.379 e. The van der Waals surface area contributed by atoms with Crippen molar-refractivity contribution in [3.05, 3.63) is 34.3 Å². The summed E-state index contributed by atoms with van der Waals surface area (Å²) in [4.78, 5) is 14.2. The first kappa shape index (κ1) is 15.5. The van der Waals surface area contributed by atoms with Crippen LogP contribution in [-0.4, -0.2) is 43.7 Å². The molecule has 1 N–H and O–H groups in total. The number of rotatable bonds is 5. The van der Waals surface area contributed by atoms with Gasteiger partial charge in [0.25, 0.3) is 0 Å². The van der Waals surface area contributed by atoms with Crippen LogP contribution in [-0.2, 0) is 9.53 Å². The van der Waals surface area contributed by atoms with Crippen LogP contribution in [0.5, 0.6) is 0 Å². The van der Waals surface area contributed by atoms with Gasteiger partial charge >= 0.3 is 0 Å². The van der Waals surface area contributed by atoms with Gasteiger partial charge < -0.3 is 10.1 Å². The highest BCUT2D eigenvalue weighted by atomic mass is 79.9. The SMILES string of the molecule is CC(NC(=O)CCN1CCOCC1)c1ccc(Br)cc1. The Hall–Kier alpha value is -0.910. The molecule has 1 atom stereocenters. The van der Waals surface area contributed by atoms with E-state index < -0.39 is 0 Å². The quantitative estimate of drug-likeness (QED) is 0.894. The van der Waals surface area contributed by atoms with Crippen molar-refractivity contribution in [2.45, 2.75) is 19.4 Å². The van der Waals surface area contributed by atoms with Crippen molar-refractivity contribution in [3.63, 3.8) is 0 Å². The molecular weight excluding hydrogens is 320 g/mol. The number of nitrogens with one attached hydrogen (secondary N) is 1. The Labute approximate surface area is 128 Å². The number of ether oxygens (including phenoxy) is 1. The maximum atomic E-state index is 12.0. The van der Waals surface area contributed by atoms with E-state index >= 15 is 0 Å². The highest BCUT2D eigenvalue weighted by Gasteiger charge is 2.13. The van der Waals surface area contributed by atoms with E-state index in [4.69, 9.17) is 4.74 Å². The smallest absolute Gasteiger partial charge is 0.221 e. The molecule has 4 nitrogen and oxygen atoms in total. The Balaban J connectivity index is 1.74. The summed E-state index contributed by atoms with van der Waals surface area (Å²) in [6, 6.07) is 8.08. The number of amides is 1. The van der Waals surface area contributed by atoms with Crippen molar-refractivity contribution < 1.29 is 9.53 Å². The lowest BCUT2D eigenvalue weighted by Gasteiger charge is -2.26. The molecule has 5 heteroatoms. The Kier molecular flexibility index (Phi) is 6.01. The summed E-state index contributed by atoms with van der Waals surface area (Å²) in [5.41, 5.74) is 1.12. The molecule has 1 aliphatic heterocycles. The molecule has 1 aliphatic rings. The van der Waals surface area contributed by atoms with Gasteiger partial charge in [-0.2, -0.15) is 0 Å². The van der Waals surface area contributed by atoms with Crippen LogP contribution in [0.25, 0.3) is 0 Å². The number of benzene rings is 1. The molecule has 0 bridgehead atoms. The molecule has 1 aromatic carbocycles. The van der Waals surface area contributed by atoms with Gasteiger partial charge in [0.2, 0.25) is 5.91 Å². The molecule has 20 heavy (non-hydrogen) atoms. The zero-order chi connectivity index (χ0) is 14.4. The Bertz CT molecular complexity index is 430. The van der Waals surface area contributed by atoms with Gasteiger partial charge in [0, 0.05) is 30.5 Å². The average Bonchev–Trinajstić information content (AvgIpc) is 2.47. The lowest BCUT2D eigenvalue weighted by atomic mass is 10.1. The van der Waals surface area contributed by atoms with E-state index in [9.17, 15) is 4.79 Å². The van der Waals surface area contributed by atoms with Crippen molar-refractivity contribution >= 4 is 21.8 Å². The number of morpholine rings is 1. The van der Waals surface area contributed by atoms with E-state index in [1.807, 2.05) is 31.2 Å². The van der Waals surface area contributed by atoms with E-state index in [2.05, 4.69) is 26.1 Å². The van der Waals surface area contributed by atoms with Crippen LogP contribution < -0.4 is 5.32 Å². The monoisotopic (exact) mass is 340 g/mol. The summed E-state index contributed by atoms with van der Waals surface area (Å²) in [5.74, 6) is 0.104. The van der Waals surface area contributed by atoms with Crippen LogP contribution in [0.1, 0.15) is 24.9 Å². The van der Waals surface area contributed by atoms with Crippen molar-refractivity contribution in [1.29, 1.82) is 0 Å². The lowest BCUT2D eigenvalue weighted by molar-refractivity contribution is -0.122. The molecule has 1 aromatic rings. The predicted octanol–water partition coefficient (Wildman–Crippen LogP) is 2.35. The predicted molar refractivity (Wildman–Crippen MR) is 82.6 cm³/mol. The van der Waals surface area contributed by atoms with Gasteiger partial charge in [0.1, 0.15) is 0 Å². The van der Waals surface area contributed by atoms with Gasteiger partial charge in [-0.25, -0.2) is 0 Å². The van der Waals surface area contributed by atoms with Gasteiger partial charge in [-0.1, -0.05) is 28.1 Å². The molecule has 1 heterocycles. The molecule has 0 aromatic heterocycles. The number of hydrogen-bond acceptors (Lipinski definition) is 3. The van der Waals surface area contributed by atoms with Gasteiger partial charge in [0.15, 0.2) is 0 Å². The van der Waals surface area contributed by atoms with Crippen LogP contribution in [0, 0.1) is 0 Å². The molecular formula is C15H21BrN2O2. The minimum atomic E-state index is 0.0419. The zero-order valence-corrected chi connectivity index (χ0v) is 13.4. The molecule has 0 spiro atoms. The fourth-order valence-electron chi connectivity index (χ4n) is 2.23. The number of nitrogens with zero attached hydrogens (tertiary/aromatic N) is 1. The molecule has 1 unspecified atom stereocenters. The molecule has 2 rings (SSSR count). The third-order valence-corrected chi connectivity index (χ3v) is 4.03. The molecule has 1 saturated heterocycles. The molecule has 110 valence electrons. The molecule has 1 fully saturated rings. The third-order valence-electron chi connectivity index (χ3n) is 3.51. The Morgan fingerprint density at radius 2 is 2.00 bits per heavy atom. The van der Waals surface area contributed by atoms with E-state index in [0.29, 0.717) is 6.42 Å². The summed E-state index contributed by atoms with van der Waals surface area (Å²) in [5, 5.41) is 3.04. The fraction of sp³-hybridized carbons (Fsp3) is 0.533. The molecule has 0 aliphatic carbocycles. The van der Waals surface area contributed by atoms with E-state index in [0.717, 1.165) is 42.9 Å². The van der Waals surface area contributed by atoms with Crippen molar-refractivity contribution in [1.82, 2.24) is 10.2 Å². The van der Waals surface area contributed by atoms with Crippen LogP contribution in [0.2, 0.25) is 0 Å². The van der Waals surface area contributed by atoms with Crippen molar-refractivity contribution in [3.8, 4) is 0 Å². The standard InChI is InChI=1S/C15H21BrN2O2/c1-12(13-2-4-14(16)5-3-13)17-15(19)6-7-18-8-10-20-11-9-18/h2-5,12H,6-11H2,1H3,(H,17,19). The highest BCUT2D eigenvalue weighted by molar-refractivity contribution is 9.10. The molecule has 0 saturated carbocycles. The summed E-state index contributed by atoms with van der Waals surface area (Å²) in [7, 11) is 0. The normalized spacial score (nSPS) is 17.7. The fourth-order valence-corrected chi connectivity index (χ4v) is 2.50. The summed E-state index contributed by atoms with van der Waals surface area (Å²) in [6.07, 6.45) is 0.543. The maximum absolute atomic E-state index is 12.0. The molecule has 0 radical (unpaired) electrons. The van der Waals surface area contributed by atoms with Gasteiger partial charge in [-0.3, -0.25) is 9.69 Å². The number of carbonyl (C=O) groups is 1. The second-order valence-electron chi connectivity index (χ2n) is 5.04. The number of halogens is 1. The lowest BCUT2D eigenvalue weighted by Crippen LogP contribution is -2.39. The molecule has 1 amide bonds. The first-order valence-corrected chi connectivity index (χ1v) is 7.79. The summed E-state index contributed by atoms with van der Waals surface area (Å²) >= 11 is 3.41. The van der Waals surface area contributed by atoms with Crippen LogP contribution in [0.4, 0.5) is 0 Å². The van der Waals surface area contributed by atoms with Crippen LogP contribution in [0.15, 0.2) is 28.7 Å². The Morgan fingerprint density at radius 3 is 2.65 bits per heavy atom. The topological polar surface area (TPSA) is 41.6 Å². The van der Waals surface area contributed by atoms with E-state index in [1.165, 1.54) is 0 Å². The summed E-state index contributed by atoms with van der Waals surface area (Å²) in [6.45, 7) is 6.22. The van der Waals surface area contributed by atoms with Crippen molar-refractivity contribution in [2.75, 3.05) is 32.8 Å². The number of carbonyl (C=O) groups excluding carboxylic acids is 1. The minimum Gasteiger partial charge on any atom is -0.379 e. The van der Waals surface area contributed by atoms with Crippen molar-refractivity contribution in [2.24, 2.45) is 0 Å². The van der Waals surface area contributed by atoms with Crippen LogP contribution in [0.3, 0.4) is 0 Å². The second-order valence-corrected chi connectivity index (χ2v) is 5.96. The first-order chi connectivity index (χ1) is 9.65. The van der Waals surface area contributed by atoms with Crippen LogP contribution >= 0.6 is 15.9 Å². The summed E-state index contributed by atoms with van der Waals surface area (Å²) < 4.78 is 6.34. The highest BCUT2D eigenvalue weighted by Crippen LogP contribution is 2.16. The second kappa shape index (κ2) is 7.76.